The van der Waals surface area contributed by atoms with Crippen LogP contribution >= 0.6 is 15.9 Å². The van der Waals surface area contributed by atoms with Crippen molar-refractivity contribution >= 4 is 27.3 Å². The lowest BCUT2D eigenvalue weighted by atomic mass is 10.1. The summed E-state index contributed by atoms with van der Waals surface area (Å²) in [6.45, 7) is 4.60. The zero-order valence-electron chi connectivity index (χ0n) is 11.3. The van der Waals surface area contributed by atoms with Gasteiger partial charge in [-0.05, 0) is 36.6 Å². The number of nitrogens with one attached hydrogen (secondary N) is 1. The van der Waals surface area contributed by atoms with Gasteiger partial charge in [0.2, 0.25) is 0 Å². The van der Waals surface area contributed by atoms with Crippen LogP contribution < -0.4 is 5.32 Å². The van der Waals surface area contributed by atoms with Crippen molar-refractivity contribution in [3.63, 3.8) is 0 Å². The van der Waals surface area contributed by atoms with E-state index in [9.17, 15) is 10.1 Å². The maximum Gasteiger partial charge on any atom is 0.271 e. The molecule has 2 rings (SSSR count). The number of rotatable bonds is 4. The van der Waals surface area contributed by atoms with E-state index >= 15 is 0 Å². The molecule has 1 N–H and O–H groups in total. The molecule has 0 radical (unpaired) electrons. The molecule has 0 aliphatic rings. The third-order valence-corrected chi connectivity index (χ3v) is 4.03. The molecule has 0 aromatic heterocycles. The molecular formula is C15H15BrN2O2. The van der Waals surface area contributed by atoms with Gasteiger partial charge < -0.3 is 5.32 Å². The molecule has 0 aliphatic heterocycles. The summed E-state index contributed by atoms with van der Waals surface area (Å²) in [7, 11) is 0. The Labute approximate surface area is 126 Å². The number of benzene rings is 2. The molecule has 2 aromatic rings. The largest absolute Gasteiger partial charge is 0.381 e. The summed E-state index contributed by atoms with van der Waals surface area (Å²) in [6.07, 6.45) is 0. The summed E-state index contributed by atoms with van der Waals surface area (Å²) in [5, 5.41) is 14.0. The zero-order valence-corrected chi connectivity index (χ0v) is 12.9. The molecule has 0 fully saturated rings. The number of hydrogen-bond acceptors (Lipinski definition) is 3. The lowest BCUT2D eigenvalue weighted by molar-refractivity contribution is -0.384. The van der Waals surface area contributed by atoms with E-state index in [-0.39, 0.29) is 10.6 Å². The van der Waals surface area contributed by atoms with Crippen LogP contribution in [0.3, 0.4) is 0 Å². The lowest BCUT2D eigenvalue weighted by Gasteiger charge is -2.10. The molecular weight excluding hydrogens is 320 g/mol. The SMILES string of the molecule is Cc1cc(CNc2cc([N+](=O)[O-])ccc2C)ccc1Br. The van der Waals surface area contributed by atoms with Gasteiger partial charge in [0.15, 0.2) is 0 Å². The average Bonchev–Trinajstić information content (AvgIpc) is 2.41. The summed E-state index contributed by atoms with van der Waals surface area (Å²) in [4.78, 5) is 10.4. The van der Waals surface area contributed by atoms with Crippen molar-refractivity contribution in [2.75, 3.05) is 5.32 Å². The van der Waals surface area contributed by atoms with E-state index in [4.69, 9.17) is 0 Å². The fourth-order valence-corrected chi connectivity index (χ4v) is 2.17. The predicted molar refractivity (Wildman–Crippen MR) is 84.0 cm³/mol. The fourth-order valence-electron chi connectivity index (χ4n) is 1.93. The molecule has 0 heterocycles. The van der Waals surface area contributed by atoms with Crippen molar-refractivity contribution < 1.29 is 4.92 Å². The first-order chi connectivity index (χ1) is 9.47. The summed E-state index contributed by atoms with van der Waals surface area (Å²) in [6, 6.07) is 11.0. The van der Waals surface area contributed by atoms with Crippen molar-refractivity contribution in [1.82, 2.24) is 0 Å². The Hall–Kier alpha value is -1.88. The van der Waals surface area contributed by atoms with E-state index in [1.54, 1.807) is 12.1 Å². The second-order valence-corrected chi connectivity index (χ2v) is 5.55. The summed E-state index contributed by atoms with van der Waals surface area (Å²) in [5.41, 5.74) is 4.19. The third-order valence-electron chi connectivity index (χ3n) is 3.14. The Kier molecular flexibility index (Phi) is 4.39. The highest BCUT2D eigenvalue weighted by Crippen LogP contribution is 2.23. The van der Waals surface area contributed by atoms with E-state index in [1.807, 2.05) is 26.0 Å². The first-order valence-electron chi connectivity index (χ1n) is 6.21. The Balaban J connectivity index is 2.15. The van der Waals surface area contributed by atoms with Crippen molar-refractivity contribution in [1.29, 1.82) is 0 Å². The highest BCUT2D eigenvalue weighted by Gasteiger charge is 2.08. The van der Waals surface area contributed by atoms with E-state index in [0.29, 0.717) is 6.54 Å². The number of nitrogens with zero attached hydrogens (tertiary/aromatic N) is 1. The summed E-state index contributed by atoms with van der Waals surface area (Å²) >= 11 is 3.47. The van der Waals surface area contributed by atoms with Gasteiger partial charge in [-0.3, -0.25) is 10.1 Å². The van der Waals surface area contributed by atoms with Crippen LogP contribution in [0.5, 0.6) is 0 Å². The first-order valence-corrected chi connectivity index (χ1v) is 7.00. The summed E-state index contributed by atoms with van der Waals surface area (Å²) < 4.78 is 1.08. The monoisotopic (exact) mass is 334 g/mol. The van der Waals surface area contributed by atoms with Gasteiger partial charge in [0.25, 0.3) is 5.69 Å². The molecule has 0 amide bonds. The van der Waals surface area contributed by atoms with Gasteiger partial charge in [0.05, 0.1) is 4.92 Å². The molecule has 0 aliphatic carbocycles. The van der Waals surface area contributed by atoms with Crippen molar-refractivity contribution in [2.24, 2.45) is 0 Å². The highest BCUT2D eigenvalue weighted by molar-refractivity contribution is 9.10. The number of nitro groups is 1. The second-order valence-electron chi connectivity index (χ2n) is 4.69. The van der Waals surface area contributed by atoms with E-state index in [0.717, 1.165) is 21.3 Å². The average molecular weight is 335 g/mol. The molecule has 2 aromatic carbocycles. The molecule has 104 valence electrons. The zero-order chi connectivity index (χ0) is 14.7. The Morgan fingerprint density at radius 2 is 1.90 bits per heavy atom. The van der Waals surface area contributed by atoms with E-state index in [2.05, 4.69) is 27.3 Å². The fraction of sp³-hybridized carbons (Fsp3) is 0.200. The van der Waals surface area contributed by atoms with Crippen LogP contribution in [-0.2, 0) is 6.54 Å². The molecule has 0 atom stereocenters. The van der Waals surface area contributed by atoms with Crippen molar-refractivity contribution in [3.8, 4) is 0 Å². The van der Waals surface area contributed by atoms with Gasteiger partial charge in [-0.2, -0.15) is 0 Å². The van der Waals surface area contributed by atoms with Crippen LogP contribution in [0.25, 0.3) is 0 Å². The number of halogens is 1. The standard InChI is InChI=1S/C15H15BrN2O2/c1-10-3-5-13(18(19)20)8-15(10)17-9-12-4-6-14(16)11(2)7-12/h3-8,17H,9H2,1-2H3. The van der Waals surface area contributed by atoms with Gasteiger partial charge in [-0.1, -0.05) is 34.1 Å². The topological polar surface area (TPSA) is 55.2 Å². The van der Waals surface area contributed by atoms with Gasteiger partial charge in [0, 0.05) is 28.8 Å². The van der Waals surface area contributed by atoms with Crippen LogP contribution in [0.4, 0.5) is 11.4 Å². The van der Waals surface area contributed by atoms with Gasteiger partial charge in [0.1, 0.15) is 0 Å². The highest BCUT2D eigenvalue weighted by atomic mass is 79.9. The lowest BCUT2D eigenvalue weighted by Crippen LogP contribution is -2.02. The quantitative estimate of drug-likeness (QED) is 0.657. The Bertz CT molecular complexity index is 656. The molecule has 4 nitrogen and oxygen atoms in total. The van der Waals surface area contributed by atoms with Crippen LogP contribution in [0.2, 0.25) is 0 Å². The molecule has 0 bridgehead atoms. The number of hydrogen-bond donors (Lipinski definition) is 1. The minimum absolute atomic E-state index is 0.102. The molecule has 0 saturated heterocycles. The smallest absolute Gasteiger partial charge is 0.271 e. The van der Waals surface area contributed by atoms with Gasteiger partial charge in [-0.15, -0.1) is 0 Å². The maximum atomic E-state index is 10.8. The Morgan fingerprint density at radius 1 is 1.15 bits per heavy atom. The maximum absolute atomic E-state index is 10.8. The number of aryl methyl sites for hydroxylation is 2. The van der Waals surface area contributed by atoms with Crippen LogP contribution in [0.15, 0.2) is 40.9 Å². The van der Waals surface area contributed by atoms with Crippen LogP contribution in [0, 0.1) is 24.0 Å². The van der Waals surface area contributed by atoms with Crippen LogP contribution in [0.1, 0.15) is 16.7 Å². The Morgan fingerprint density at radius 3 is 2.55 bits per heavy atom. The van der Waals surface area contributed by atoms with Gasteiger partial charge in [-0.25, -0.2) is 0 Å². The second kappa shape index (κ2) is 6.05. The third kappa shape index (κ3) is 3.36. The summed E-state index contributed by atoms with van der Waals surface area (Å²) in [5.74, 6) is 0. The molecule has 20 heavy (non-hydrogen) atoms. The number of non-ortho nitro benzene ring substituents is 1. The van der Waals surface area contributed by atoms with Crippen LogP contribution in [-0.4, -0.2) is 4.92 Å². The molecule has 0 saturated carbocycles. The van der Waals surface area contributed by atoms with E-state index < -0.39 is 0 Å². The van der Waals surface area contributed by atoms with Gasteiger partial charge >= 0.3 is 0 Å². The minimum Gasteiger partial charge on any atom is -0.381 e. The van der Waals surface area contributed by atoms with E-state index in [1.165, 1.54) is 11.6 Å². The first kappa shape index (κ1) is 14.5. The van der Waals surface area contributed by atoms with Crippen molar-refractivity contribution in [3.05, 3.63) is 67.7 Å². The predicted octanol–water partition coefficient (Wildman–Crippen LogP) is 4.59. The number of anilines is 1. The molecule has 5 heteroatoms. The number of nitro benzene ring substituents is 1. The minimum atomic E-state index is -0.381. The molecule has 0 unspecified atom stereocenters. The molecule has 0 spiro atoms. The normalized spacial score (nSPS) is 10.3. The van der Waals surface area contributed by atoms with Crippen molar-refractivity contribution in [2.45, 2.75) is 20.4 Å².